The Hall–Kier alpha value is -4.16. The first-order valence-electron chi connectivity index (χ1n) is 9.94. The predicted octanol–water partition coefficient (Wildman–Crippen LogP) is 3.83. The van der Waals surface area contributed by atoms with Gasteiger partial charge >= 0.3 is 0 Å². The molecule has 6 N–H and O–H groups in total. The van der Waals surface area contributed by atoms with Crippen LogP contribution in [0.3, 0.4) is 0 Å². The molecule has 4 rings (SSSR count). The van der Waals surface area contributed by atoms with E-state index in [2.05, 4.69) is 16.9 Å². The van der Waals surface area contributed by atoms with Gasteiger partial charge in [0.25, 0.3) is 5.56 Å². The zero-order valence-electron chi connectivity index (χ0n) is 17.7. The molecule has 0 fully saturated rings. The van der Waals surface area contributed by atoms with E-state index in [0.29, 0.717) is 16.1 Å². The van der Waals surface area contributed by atoms with Crippen LogP contribution in [0.1, 0.15) is 24.6 Å². The van der Waals surface area contributed by atoms with Crippen molar-refractivity contribution < 1.29 is 4.39 Å². The van der Waals surface area contributed by atoms with Crippen LogP contribution in [0.5, 0.6) is 0 Å². The Bertz CT molecular complexity index is 1390. The molecule has 2 aromatic carbocycles. The van der Waals surface area contributed by atoms with E-state index in [-0.39, 0.29) is 34.5 Å². The van der Waals surface area contributed by atoms with Gasteiger partial charge in [-0.3, -0.25) is 9.36 Å². The number of benzene rings is 2. The first-order valence-corrected chi connectivity index (χ1v) is 10.3. The number of anilines is 3. The summed E-state index contributed by atoms with van der Waals surface area (Å²) in [5.41, 5.74) is 17.2. The quantitative estimate of drug-likeness (QED) is 0.416. The highest BCUT2D eigenvalue weighted by Gasteiger charge is 2.13. The third kappa shape index (κ3) is 5.02. The van der Waals surface area contributed by atoms with Gasteiger partial charge in [0.2, 0.25) is 5.95 Å². The van der Waals surface area contributed by atoms with Crippen LogP contribution in [0.25, 0.3) is 16.5 Å². The Labute approximate surface area is 194 Å². The van der Waals surface area contributed by atoms with Crippen molar-refractivity contribution in [1.29, 1.82) is 5.26 Å². The second-order valence-corrected chi connectivity index (χ2v) is 7.45. The molecule has 10 heteroatoms. The summed E-state index contributed by atoms with van der Waals surface area (Å²) in [6, 6.07) is 15.1. The molecule has 8 nitrogen and oxygen atoms in total. The summed E-state index contributed by atoms with van der Waals surface area (Å²) in [4.78, 5) is 20.0. The lowest BCUT2D eigenvalue weighted by atomic mass is 10.1. The van der Waals surface area contributed by atoms with Gasteiger partial charge in [-0.15, -0.1) is 0 Å². The lowest BCUT2D eigenvalue weighted by Gasteiger charge is -2.14. The van der Waals surface area contributed by atoms with Crippen molar-refractivity contribution in [3.63, 3.8) is 0 Å². The van der Waals surface area contributed by atoms with E-state index in [4.69, 9.17) is 34.1 Å². The number of aromatic nitrogens is 3. The number of halogens is 2. The maximum Gasteiger partial charge on any atom is 0.264 e. The van der Waals surface area contributed by atoms with Crippen LogP contribution in [-0.4, -0.2) is 14.5 Å². The highest BCUT2D eigenvalue weighted by molar-refractivity contribution is 6.35. The lowest BCUT2D eigenvalue weighted by molar-refractivity contribution is 0.627. The van der Waals surface area contributed by atoms with Gasteiger partial charge in [-0.2, -0.15) is 15.2 Å². The van der Waals surface area contributed by atoms with Crippen molar-refractivity contribution >= 4 is 40.0 Å². The summed E-state index contributed by atoms with van der Waals surface area (Å²) in [5.74, 6) is -0.332. The van der Waals surface area contributed by atoms with E-state index < -0.39 is 0 Å². The topological polar surface area (TPSA) is 150 Å². The normalized spacial score (nSPS) is 10.4. The fourth-order valence-corrected chi connectivity index (χ4v) is 3.58. The van der Waals surface area contributed by atoms with E-state index in [0.717, 1.165) is 23.9 Å². The largest absolute Gasteiger partial charge is 0.382 e. The van der Waals surface area contributed by atoms with Crippen LogP contribution >= 0.6 is 11.6 Å². The molecule has 0 radical (unpaired) electrons. The number of hydrogen-bond donors (Lipinski definition) is 3. The molecule has 2 aromatic heterocycles. The van der Waals surface area contributed by atoms with Crippen molar-refractivity contribution in [3.05, 3.63) is 81.0 Å². The third-order valence-electron chi connectivity index (χ3n) is 4.76. The minimum absolute atomic E-state index is 0.0116. The summed E-state index contributed by atoms with van der Waals surface area (Å²) < 4.78 is 14.8. The predicted molar refractivity (Wildman–Crippen MR) is 128 cm³/mol. The number of pyridine rings is 1. The minimum Gasteiger partial charge on any atom is -0.382 e. The van der Waals surface area contributed by atoms with Crippen LogP contribution < -0.4 is 22.8 Å². The standard InChI is InChI=1S/C18H15ClFNO.C5H6N6/c1-2-4-15-11-12-5-3-6-16(19)17(12)18(22)21(15)14-9-7-13(20)8-10-14;6-1-2-3(7)10-5(9)11-4(2)8/h3,5-11H,2,4H2,1H3;(H6,7,8,9,10,11). The van der Waals surface area contributed by atoms with Gasteiger partial charge in [-0.25, -0.2) is 4.39 Å². The molecule has 0 unspecified atom stereocenters. The molecule has 0 aliphatic rings. The maximum absolute atomic E-state index is 13.2. The van der Waals surface area contributed by atoms with Gasteiger partial charge < -0.3 is 17.2 Å². The van der Waals surface area contributed by atoms with Crippen LogP contribution in [0.2, 0.25) is 5.02 Å². The molecule has 0 bridgehead atoms. The second kappa shape index (κ2) is 9.97. The van der Waals surface area contributed by atoms with Crippen molar-refractivity contribution in [2.45, 2.75) is 19.8 Å². The van der Waals surface area contributed by atoms with Crippen LogP contribution in [0, 0.1) is 17.1 Å². The number of nitrogens with two attached hydrogens (primary N) is 3. The van der Waals surface area contributed by atoms with Crippen molar-refractivity contribution in [3.8, 4) is 11.8 Å². The molecule has 0 spiro atoms. The number of rotatable bonds is 3. The number of aryl methyl sites for hydroxylation is 1. The number of nitrogen functional groups attached to an aromatic ring is 3. The molecular formula is C23H21ClFN7O. The van der Waals surface area contributed by atoms with Crippen LogP contribution in [0.4, 0.5) is 22.0 Å². The molecule has 168 valence electrons. The molecule has 2 heterocycles. The summed E-state index contributed by atoms with van der Waals surface area (Å²) in [7, 11) is 0. The lowest BCUT2D eigenvalue weighted by Crippen LogP contribution is -2.22. The van der Waals surface area contributed by atoms with Gasteiger partial charge in [0, 0.05) is 11.4 Å². The highest BCUT2D eigenvalue weighted by Crippen LogP contribution is 2.23. The average molecular weight is 466 g/mol. The zero-order chi connectivity index (χ0) is 24.1. The van der Waals surface area contributed by atoms with E-state index in [9.17, 15) is 9.18 Å². The summed E-state index contributed by atoms with van der Waals surface area (Å²) >= 11 is 6.20. The van der Waals surface area contributed by atoms with E-state index in [1.54, 1.807) is 28.8 Å². The summed E-state index contributed by atoms with van der Waals surface area (Å²) in [6.07, 6.45) is 1.67. The molecule has 0 aliphatic heterocycles. The second-order valence-electron chi connectivity index (χ2n) is 7.05. The van der Waals surface area contributed by atoms with Crippen LogP contribution in [-0.2, 0) is 6.42 Å². The van der Waals surface area contributed by atoms with Gasteiger partial charge in [0.05, 0.1) is 10.4 Å². The third-order valence-corrected chi connectivity index (χ3v) is 5.07. The first kappa shape index (κ1) is 23.5. The monoisotopic (exact) mass is 465 g/mol. The molecular weight excluding hydrogens is 445 g/mol. The number of nitriles is 1. The van der Waals surface area contributed by atoms with Gasteiger partial charge in [-0.05, 0) is 48.2 Å². The van der Waals surface area contributed by atoms with Gasteiger partial charge in [-0.1, -0.05) is 37.1 Å². The van der Waals surface area contributed by atoms with Crippen molar-refractivity contribution in [1.82, 2.24) is 14.5 Å². The van der Waals surface area contributed by atoms with Gasteiger partial charge in [0.15, 0.2) is 0 Å². The zero-order valence-corrected chi connectivity index (χ0v) is 18.5. The Morgan fingerprint density at radius 2 is 1.73 bits per heavy atom. The number of fused-ring (bicyclic) bond motifs is 1. The van der Waals surface area contributed by atoms with Crippen molar-refractivity contribution in [2.24, 2.45) is 0 Å². The smallest absolute Gasteiger partial charge is 0.264 e. The summed E-state index contributed by atoms with van der Waals surface area (Å²) in [6.45, 7) is 2.06. The van der Waals surface area contributed by atoms with Crippen LogP contribution in [0.15, 0.2) is 53.3 Å². The summed E-state index contributed by atoms with van der Waals surface area (Å²) in [5, 5.41) is 10.2. The van der Waals surface area contributed by atoms with E-state index in [1.807, 2.05) is 18.2 Å². The molecule has 4 aromatic rings. The molecule has 0 amide bonds. The first-order chi connectivity index (χ1) is 15.8. The maximum atomic E-state index is 13.2. The van der Waals surface area contributed by atoms with E-state index >= 15 is 0 Å². The Morgan fingerprint density at radius 1 is 1.09 bits per heavy atom. The molecule has 0 aliphatic carbocycles. The number of hydrogen-bond acceptors (Lipinski definition) is 7. The van der Waals surface area contributed by atoms with Crippen molar-refractivity contribution in [2.75, 3.05) is 17.2 Å². The minimum atomic E-state index is -0.326. The van der Waals surface area contributed by atoms with Gasteiger partial charge in [0.1, 0.15) is 29.1 Å². The Balaban J connectivity index is 0.000000235. The average Bonchev–Trinajstić information content (AvgIpc) is 2.75. The number of nitrogens with zero attached hydrogens (tertiary/aromatic N) is 4. The van der Waals surface area contributed by atoms with E-state index in [1.165, 1.54) is 12.1 Å². The Kier molecular flexibility index (Phi) is 7.10. The fourth-order valence-electron chi connectivity index (χ4n) is 3.32. The Morgan fingerprint density at radius 3 is 2.30 bits per heavy atom. The molecule has 33 heavy (non-hydrogen) atoms. The fraction of sp³-hybridized carbons (Fsp3) is 0.130. The highest BCUT2D eigenvalue weighted by atomic mass is 35.5. The molecule has 0 atom stereocenters. The molecule has 0 saturated heterocycles. The SMILES string of the molecule is CCCc1cc2cccc(Cl)c2c(=O)n1-c1ccc(F)cc1.N#Cc1c(N)nc(N)nc1N. The molecule has 0 saturated carbocycles.